The van der Waals surface area contributed by atoms with Crippen molar-refractivity contribution in [3.63, 3.8) is 0 Å². The van der Waals surface area contributed by atoms with E-state index in [1.54, 1.807) is 12.1 Å². The maximum absolute atomic E-state index is 9.01. The Labute approximate surface area is 75.7 Å². The predicted octanol–water partition coefficient (Wildman–Crippen LogP) is 2.23. The van der Waals surface area contributed by atoms with E-state index in [4.69, 9.17) is 5.11 Å². The van der Waals surface area contributed by atoms with E-state index in [1.807, 2.05) is 12.1 Å². The fraction of sp³-hybridized carbons (Fsp3) is 0.333. The molecule has 1 aromatic carbocycles. The Morgan fingerprint density at radius 3 is 2.18 bits per heavy atom. The molecule has 0 aliphatic rings. The summed E-state index contributed by atoms with van der Waals surface area (Å²) in [6, 6.07) is 7.57. The van der Waals surface area contributed by atoms with Gasteiger partial charge in [-0.2, -0.15) is 0 Å². The Hall–Kier alpha value is -0.0969. The summed E-state index contributed by atoms with van der Waals surface area (Å²) in [5, 5.41) is 9.01. The van der Waals surface area contributed by atoms with Gasteiger partial charge in [-0.1, -0.05) is 0 Å². The number of aromatic hydroxyl groups is 1. The van der Waals surface area contributed by atoms with Gasteiger partial charge in [0.05, 0.1) is 0 Å². The van der Waals surface area contributed by atoms with Gasteiger partial charge in [-0.3, -0.25) is 0 Å². The van der Waals surface area contributed by atoms with Crippen molar-refractivity contribution in [3.8, 4) is 5.75 Å². The first kappa shape index (κ1) is 8.99. The van der Waals surface area contributed by atoms with E-state index < -0.39 is 21.8 Å². The second-order valence-corrected chi connectivity index (χ2v) is 12.5. The molecule has 1 N–H and O–H groups in total. The summed E-state index contributed by atoms with van der Waals surface area (Å²) in [5.74, 6) is 0.368. The molecule has 0 fully saturated rings. The minimum atomic E-state index is -1.04. The SMILES string of the molecule is [CH3][Bi]([CH3])[CH2]c1ccc(O)cc1. The molecule has 0 saturated carbocycles. The molecule has 0 aliphatic heterocycles. The molecular formula is C9H13BiO. The minimum absolute atomic E-state index is 0.368. The molecule has 0 heterocycles. The summed E-state index contributed by atoms with van der Waals surface area (Å²) in [4.78, 5) is 0. The van der Waals surface area contributed by atoms with Gasteiger partial charge < -0.3 is 0 Å². The van der Waals surface area contributed by atoms with Crippen LogP contribution in [-0.4, -0.2) is 26.9 Å². The molecule has 0 unspecified atom stereocenters. The predicted molar refractivity (Wildman–Crippen MR) is 49.3 cm³/mol. The first-order valence-corrected chi connectivity index (χ1v) is 13.0. The zero-order valence-electron chi connectivity index (χ0n) is 6.91. The number of phenolic OH excluding ortho intramolecular Hbond substituents is 1. The van der Waals surface area contributed by atoms with E-state index in [9.17, 15) is 0 Å². The van der Waals surface area contributed by atoms with Crippen LogP contribution in [0.15, 0.2) is 24.3 Å². The van der Waals surface area contributed by atoms with Crippen molar-refractivity contribution in [1.29, 1.82) is 0 Å². The molecule has 0 radical (unpaired) electrons. The van der Waals surface area contributed by atoms with E-state index in [-0.39, 0.29) is 0 Å². The molecule has 0 saturated heterocycles. The molecule has 0 spiro atoms. The molecule has 0 atom stereocenters. The average Bonchev–Trinajstić information content (AvgIpc) is 1.93. The first-order valence-electron chi connectivity index (χ1n) is 3.61. The third-order valence-corrected chi connectivity index (χ3v) is 5.31. The molecule has 0 amide bonds. The number of hydrogen-bond donors (Lipinski definition) is 1. The van der Waals surface area contributed by atoms with E-state index in [2.05, 4.69) is 9.26 Å². The van der Waals surface area contributed by atoms with Crippen LogP contribution in [0.4, 0.5) is 0 Å². The van der Waals surface area contributed by atoms with E-state index in [1.165, 1.54) is 9.69 Å². The van der Waals surface area contributed by atoms with Gasteiger partial charge >= 0.3 is 75.8 Å². The molecule has 0 aromatic heterocycles. The van der Waals surface area contributed by atoms with E-state index in [0.29, 0.717) is 5.75 Å². The van der Waals surface area contributed by atoms with Gasteiger partial charge in [0, 0.05) is 0 Å². The number of phenols is 1. The van der Waals surface area contributed by atoms with Crippen molar-refractivity contribution in [3.05, 3.63) is 29.8 Å². The van der Waals surface area contributed by atoms with Crippen LogP contribution in [0.2, 0.25) is 9.26 Å². The van der Waals surface area contributed by atoms with Crippen molar-refractivity contribution < 1.29 is 5.11 Å². The fourth-order valence-corrected chi connectivity index (χ4v) is 4.63. The third kappa shape index (κ3) is 3.20. The van der Waals surface area contributed by atoms with E-state index >= 15 is 0 Å². The number of rotatable bonds is 2. The van der Waals surface area contributed by atoms with Crippen molar-refractivity contribution in [1.82, 2.24) is 0 Å². The van der Waals surface area contributed by atoms with Gasteiger partial charge in [-0.15, -0.1) is 0 Å². The third-order valence-electron chi connectivity index (χ3n) is 1.44. The Bertz CT molecular complexity index is 216. The Morgan fingerprint density at radius 2 is 1.73 bits per heavy atom. The molecule has 0 aliphatic carbocycles. The average molecular weight is 346 g/mol. The fourth-order valence-electron chi connectivity index (χ4n) is 0.967. The monoisotopic (exact) mass is 346 g/mol. The summed E-state index contributed by atoms with van der Waals surface area (Å²) in [6.45, 7) is 0. The van der Waals surface area contributed by atoms with Crippen LogP contribution in [0, 0.1) is 0 Å². The van der Waals surface area contributed by atoms with Crippen LogP contribution in [-0.2, 0) is 4.13 Å². The van der Waals surface area contributed by atoms with Crippen LogP contribution >= 0.6 is 0 Å². The molecule has 0 bridgehead atoms. The zero-order valence-corrected chi connectivity index (χ0v) is 10.4. The quantitative estimate of drug-likeness (QED) is 0.815. The topological polar surface area (TPSA) is 20.2 Å². The standard InChI is InChI=1S/C7H7O.2CH3.Bi/c1-6-2-4-7(8)5-3-6;;;/h2-5,8H,1H2;2*1H3;. The number of hydrogen-bond acceptors (Lipinski definition) is 1. The Kier molecular flexibility index (Phi) is 3.32. The van der Waals surface area contributed by atoms with Gasteiger partial charge in [0.1, 0.15) is 0 Å². The van der Waals surface area contributed by atoms with Crippen molar-refractivity contribution >= 4 is 21.8 Å². The van der Waals surface area contributed by atoms with Crippen LogP contribution in [0.3, 0.4) is 0 Å². The normalized spacial score (nSPS) is 10.5. The molecule has 1 aromatic rings. The molecular weight excluding hydrogens is 333 g/mol. The molecule has 11 heavy (non-hydrogen) atoms. The second-order valence-electron chi connectivity index (χ2n) is 2.90. The van der Waals surface area contributed by atoms with E-state index in [0.717, 1.165) is 0 Å². The maximum atomic E-state index is 9.01. The van der Waals surface area contributed by atoms with Crippen molar-refractivity contribution in [2.45, 2.75) is 13.4 Å². The van der Waals surface area contributed by atoms with Gasteiger partial charge in [-0.25, -0.2) is 0 Å². The summed E-state index contributed by atoms with van der Waals surface area (Å²) in [7, 11) is 0. The summed E-state index contributed by atoms with van der Waals surface area (Å²) < 4.78 is 6.07. The first-order chi connectivity index (χ1) is 5.18. The second kappa shape index (κ2) is 4.06. The van der Waals surface area contributed by atoms with Crippen LogP contribution in [0.1, 0.15) is 5.56 Å². The van der Waals surface area contributed by atoms with Crippen molar-refractivity contribution in [2.75, 3.05) is 0 Å². The van der Waals surface area contributed by atoms with Gasteiger partial charge in [0.25, 0.3) is 0 Å². The Morgan fingerprint density at radius 1 is 1.18 bits per heavy atom. The van der Waals surface area contributed by atoms with Gasteiger partial charge in [-0.05, 0) is 0 Å². The molecule has 60 valence electrons. The van der Waals surface area contributed by atoms with Gasteiger partial charge in [0.15, 0.2) is 0 Å². The number of benzene rings is 1. The molecule has 1 rings (SSSR count). The van der Waals surface area contributed by atoms with Crippen LogP contribution < -0.4 is 0 Å². The van der Waals surface area contributed by atoms with Crippen LogP contribution in [0.25, 0.3) is 0 Å². The summed E-state index contributed by atoms with van der Waals surface area (Å²) >= 11 is -1.04. The van der Waals surface area contributed by atoms with Crippen LogP contribution in [0.5, 0.6) is 5.75 Å². The van der Waals surface area contributed by atoms with Gasteiger partial charge in [0.2, 0.25) is 0 Å². The summed E-state index contributed by atoms with van der Waals surface area (Å²) in [5.41, 5.74) is 1.38. The van der Waals surface area contributed by atoms with Crippen molar-refractivity contribution in [2.24, 2.45) is 0 Å². The molecule has 1 nitrogen and oxygen atoms in total. The Balaban J connectivity index is 2.66. The summed E-state index contributed by atoms with van der Waals surface area (Å²) in [6.07, 6.45) is 0. The molecule has 2 heteroatoms. The zero-order chi connectivity index (χ0) is 8.27.